The van der Waals surface area contributed by atoms with Crippen LogP contribution in [-0.4, -0.2) is 12.1 Å². The Morgan fingerprint density at radius 2 is 2.19 bits per heavy atom. The summed E-state index contributed by atoms with van der Waals surface area (Å²) >= 11 is 1.31. The summed E-state index contributed by atoms with van der Waals surface area (Å²) in [6, 6.07) is 3.46. The predicted molar refractivity (Wildman–Crippen MR) is 58.2 cm³/mol. The average molecular weight is 241 g/mol. The first-order valence-corrected chi connectivity index (χ1v) is 5.47. The third-order valence-electron chi connectivity index (χ3n) is 2.01. The van der Waals surface area contributed by atoms with Crippen molar-refractivity contribution in [2.45, 2.75) is 6.61 Å². The molecule has 0 amide bonds. The van der Waals surface area contributed by atoms with Crippen LogP contribution < -0.4 is 0 Å². The zero-order valence-corrected chi connectivity index (χ0v) is 9.35. The van der Waals surface area contributed by atoms with E-state index in [0.717, 1.165) is 11.8 Å². The van der Waals surface area contributed by atoms with Crippen molar-refractivity contribution in [2.24, 2.45) is 0 Å². The molecule has 2 rings (SSSR count). The molecule has 16 heavy (non-hydrogen) atoms. The lowest BCUT2D eigenvalue weighted by Crippen LogP contribution is -1.89. The van der Waals surface area contributed by atoms with E-state index in [1.54, 1.807) is 12.5 Å². The fourth-order valence-corrected chi connectivity index (χ4v) is 2.14. The van der Waals surface area contributed by atoms with E-state index < -0.39 is 11.6 Å². The fourth-order valence-electron chi connectivity index (χ4n) is 1.31. The lowest BCUT2D eigenvalue weighted by Gasteiger charge is -1.98. The van der Waals surface area contributed by atoms with E-state index in [0.29, 0.717) is 17.2 Å². The maximum atomic E-state index is 13.4. The summed E-state index contributed by atoms with van der Waals surface area (Å²) in [6.07, 6.45) is 0. The molecule has 2 nitrogen and oxygen atoms in total. The van der Waals surface area contributed by atoms with Gasteiger partial charge in [0.15, 0.2) is 0 Å². The zero-order valence-electron chi connectivity index (χ0n) is 8.54. The SMILES string of the molecule is COCc1csc(-c2ccc(F)cc2F)n1. The second-order valence-corrected chi connectivity index (χ2v) is 4.06. The molecule has 0 aliphatic carbocycles. The largest absolute Gasteiger partial charge is 0.378 e. The van der Waals surface area contributed by atoms with Crippen LogP contribution in [0.5, 0.6) is 0 Å². The Hall–Kier alpha value is -1.33. The Morgan fingerprint density at radius 3 is 2.88 bits per heavy atom. The first-order valence-electron chi connectivity index (χ1n) is 4.59. The quantitative estimate of drug-likeness (QED) is 0.823. The van der Waals surface area contributed by atoms with Gasteiger partial charge in [0.1, 0.15) is 16.6 Å². The second-order valence-electron chi connectivity index (χ2n) is 3.20. The number of rotatable bonds is 3. The van der Waals surface area contributed by atoms with Crippen molar-refractivity contribution >= 4 is 11.3 Å². The first-order chi connectivity index (χ1) is 7.70. The fraction of sp³-hybridized carbons (Fsp3) is 0.182. The minimum atomic E-state index is -0.599. The molecule has 0 saturated heterocycles. The number of hydrogen-bond donors (Lipinski definition) is 0. The van der Waals surface area contributed by atoms with Crippen LogP contribution in [0.2, 0.25) is 0 Å². The van der Waals surface area contributed by atoms with Crippen molar-refractivity contribution in [1.29, 1.82) is 0 Å². The Kier molecular flexibility index (Phi) is 3.26. The molecule has 84 valence electrons. The van der Waals surface area contributed by atoms with E-state index in [-0.39, 0.29) is 0 Å². The normalized spacial score (nSPS) is 10.7. The van der Waals surface area contributed by atoms with Gasteiger partial charge in [0.2, 0.25) is 0 Å². The maximum absolute atomic E-state index is 13.4. The first kappa shape index (κ1) is 11.2. The van der Waals surface area contributed by atoms with E-state index in [2.05, 4.69) is 4.98 Å². The molecule has 0 fully saturated rings. The van der Waals surface area contributed by atoms with Crippen molar-refractivity contribution in [1.82, 2.24) is 4.98 Å². The van der Waals surface area contributed by atoms with Gasteiger partial charge in [-0.1, -0.05) is 0 Å². The summed E-state index contributed by atoms with van der Waals surface area (Å²) < 4.78 is 31.1. The number of thiazole rings is 1. The molecule has 0 aliphatic rings. The third-order valence-corrected chi connectivity index (χ3v) is 2.93. The maximum Gasteiger partial charge on any atom is 0.136 e. The van der Waals surface area contributed by atoms with Crippen LogP contribution in [0.25, 0.3) is 10.6 Å². The van der Waals surface area contributed by atoms with Gasteiger partial charge in [0.25, 0.3) is 0 Å². The second kappa shape index (κ2) is 4.67. The highest BCUT2D eigenvalue weighted by Gasteiger charge is 2.10. The van der Waals surface area contributed by atoms with Gasteiger partial charge in [0.05, 0.1) is 12.3 Å². The lowest BCUT2D eigenvalue weighted by molar-refractivity contribution is 0.182. The molecular weight excluding hydrogens is 232 g/mol. The van der Waals surface area contributed by atoms with Gasteiger partial charge in [-0.15, -0.1) is 11.3 Å². The Bertz CT molecular complexity index is 498. The van der Waals surface area contributed by atoms with Crippen molar-refractivity contribution in [2.75, 3.05) is 7.11 Å². The van der Waals surface area contributed by atoms with E-state index >= 15 is 0 Å². The highest BCUT2D eigenvalue weighted by molar-refractivity contribution is 7.13. The number of ether oxygens (including phenoxy) is 1. The molecule has 0 aliphatic heterocycles. The molecule has 0 bridgehead atoms. The van der Waals surface area contributed by atoms with Gasteiger partial charge in [-0.3, -0.25) is 0 Å². The molecule has 5 heteroatoms. The van der Waals surface area contributed by atoms with E-state index in [1.165, 1.54) is 23.5 Å². The summed E-state index contributed by atoms with van der Waals surface area (Å²) in [5.41, 5.74) is 1.06. The molecular formula is C11H9F2NOS. The van der Waals surface area contributed by atoms with E-state index in [1.807, 2.05) is 0 Å². The number of aromatic nitrogens is 1. The van der Waals surface area contributed by atoms with Crippen LogP contribution in [0.3, 0.4) is 0 Å². The number of nitrogens with zero attached hydrogens (tertiary/aromatic N) is 1. The predicted octanol–water partition coefficient (Wildman–Crippen LogP) is 3.23. The van der Waals surface area contributed by atoms with Crippen molar-refractivity contribution in [3.63, 3.8) is 0 Å². The van der Waals surface area contributed by atoms with Gasteiger partial charge in [-0.2, -0.15) is 0 Å². The molecule has 0 N–H and O–H groups in total. The monoisotopic (exact) mass is 241 g/mol. The minimum Gasteiger partial charge on any atom is -0.378 e. The smallest absolute Gasteiger partial charge is 0.136 e. The summed E-state index contributed by atoms with van der Waals surface area (Å²) in [5.74, 6) is -1.19. The van der Waals surface area contributed by atoms with Gasteiger partial charge in [-0.25, -0.2) is 13.8 Å². The average Bonchev–Trinajstić information content (AvgIpc) is 2.67. The number of methoxy groups -OCH3 is 1. The number of halogens is 2. The van der Waals surface area contributed by atoms with Crippen molar-refractivity contribution in [3.05, 3.63) is 40.9 Å². The van der Waals surface area contributed by atoms with Crippen LogP contribution in [0.4, 0.5) is 8.78 Å². The number of hydrogen-bond acceptors (Lipinski definition) is 3. The van der Waals surface area contributed by atoms with Crippen molar-refractivity contribution < 1.29 is 13.5 Å². The Balaban J connectivity index is 2.35. The third kappa shape index (κ3) is 2.25. The van der Waals surface area contributed by atoms with Gasteiger partial charge in [-0.05, 0) is 12.1 Å². The van der Waals surface area contributed by atoms with Crippen LogP contribution in [0.1, 0.15) is 5.69 Å². The minimum absolute atomic E-state index is 0.314. The zero-order chi connectivity index (χ0) is 11.5. The van der Waals surface area contributed by atoms with Gasteiger partial charge >= 0.3 is 0 Å². The van der Waals surface area contributed by atoms with Crippen molar-refractivity contribution in [3.8, 4) is 10.6 Å². The molecule has 1 aromatic heterocycles. The van der Waals surface area contributed by atoms with Crippen LogP contribution in [0, 0.1) is 11.6 Å². The van der Waals surface area contributed by atoms with Gasteiger partial charge < -0.3 is 4.74 Å². The van der Waals surface area contributed by atoms with Crippen LogP contribution in [-0.2, 0) is 11.3 Å². The highest BCUT2D eigenvalue weighted by atomic mass is 32.1. The Morgan fingerprint density at radius 1 is 1.38 bits per heavy atom. The molecule has 0 unspecified atom stereocenters. The Labute approximate surface area is 95.5 Å². The summed E-state index contributed by atoms with van der Waals surface area (Å²) in [5, 5.41) is 2.33. The topological polar surface area (TPSA) is 22.1 Å². The van der Waals surface area contributed by atoms with Gasteiger partial charge in [0, 0.05) is 24.1 Å². The van der Waals surface area contributed by atoms with E-state index in [9.17, 15) is 8.78 Å². The molecule has 1 aromatic carbocycles. The summed E-state index contributed by atoms with van der Waals surface area (Å²) in [6.45, 7) is 0.388. The standard InChI is InChI=1S/C11H9F2NOS/c1-15-5-8-6-16-11(14-8)9-3-2-7(12)4-10(9)13/h2-4,6H,5H2,1H3. The summed E-state index contributed by atoms with van der Waals surface area (Å²) in [4.78, 5) is 4.19. The molecule has 0 atom stereocenters. The molecule has 0 radical (unpaired) electrons. The van der Waals surface area contributed by atoms with Crippen LogP contribution >= 0.6 is 11.3 Å². The highest BCUT2D eigenvalue weighted by Crippen LogP contribution is 2.26. The lowest BCUT2D eigenvalue weighted by atomic mass is 10.2. The molecule has 2 aromatic rings. The summed E-state index contributed by atoms with van der Waals surface area (Å²) in [7, 11) is 1.57. The van der Waals surface area contributed by atoms with E-state index in [4.69, 9.17) is 4.74 Å². The molecule has 0 saturated carbocycles. The van der Waals surface area contributed by atoms with Crippen LogP contribution in [0.15, 0.2) is 23.6 Å². The molecule has 1 heterocycles. The molecule has 0 spiro atoms. The number of benzene rings is 1.